The van der Waals surface area contributed by atoms with Gasteiger partial charge in [0, 0.05) is 23.0 Å². The zero-order valence-electron chi connectivity index (χ0n) is 21.3. The largest absolute Gasteiger partial charge is 0.478 e. The Hall–Kier alpha value is -4.18. The van der Waals surface area contributed by atoms with E-state index in [-0.39, 0.29) is 42.0 Å². The summed E-state index contributed by atoms with van der Waals surface area (Å²) in [6.07, 6.45) is 1.37. The Morgan fingerprint density at radius 1 is 1.10 bits per heavy atom. The molecule has 39 heavy (non-hydrogen) atoms. The molecule has 1 unspecified atom stereocenters. The maximum atomic E-state index is 15.4. The van der Waals surface area contributed by atoms with Crippen LogP contribution >= 0.6 is 12.6 Å². The Morgan fingerprint density at radius 3 is 2.46 bits per heavy atom. The van der Waals surface area contributed by atoms with E-state index in [0.717, 1.165) is 0 Å². The van der Waals surface area contributed by atoms with Crippen LogP contribution in [0.2, 0.25) is 0 Å². The molecule has 4 aromatic rings. The monoisotopic (exact) mass is 551 g/mol. The maximum Gasteiger partial charge on any atom is 0.336 e. The highest BCUT2D eigenvalue weighted by Crippen LogP contribution is 2.28. The number of thiol groups is 1. The summed E-state index contributed by atoms with van der Waals surface area (Å²) in [7, 11) is 0. The van der Waals surface area contributed by atoms with Crippen LogP contribution in [0.1, 0.15) is 40.3 Å². The van der Waals surface area contributed by atoms with Crippen LogP contribution in [0.4, 0.5) is 14.5 Å². The maximum absolute atomic E-state index is 15.4. The molecule has 7 nitrogen and oxygen atoms in total. The number of amides is 1. The molecule has 202 valence electrons. The average Bonchev–Trinajstić information content (AvgIpc) is 3.33. The van der Waals surface area contributed by atoms with Gasteiger partial charge >= 0.3 is 5.97 Å². The lowest BCUT2D eigenvalue weighted by Crippen LogP contribution is -2.41. The first-order valence-electron chi connectivity index (χ1n) is 12.2. The predicted octanol–water partition coefficient (Wildman–Crippen LogP) is 5.94. The molecular weight excluding hydrogens is 524 g/mol. The molecule has 0 aliphatic heterocycles. The van der Waals surface area contributed by atoms with Gasteiger partial charge in [0.05, 0.1) is 24.9 Å². The molecule has 0 saturated heterocycles. The second-order valence-electron chi connectivity index (χ2n) is 8.79. The minimum Gasteiger partial charge on any atom is -0.478 e. The van der Waals surface area contributed by atoms with E-state index in [9.17, 15) is 19.1 Å². The summed E-state index contributed by atoms with van der Waals surface area (Å²) in [6.45, 7) is 3.78. The second kappa shape index (κ2) is 12.1. The molecule has 1 heterocycles. The fraction of sp³-hybridized carbons (Fsp3) is 0.207. The fourth-order valence-corrected chi connectivity index (χ4v) is 4.40. The molecule has 0 saturated carbocycles. The van der Waals surface area contributed by atoms with E-state index in [4.69, 9.17) is 4.74 Å². The number of halogens is 2. The third-order valence-corrected chi connectivity index (χ3v) is 6.72. The highest BCUT2D eigenvalue weighted by atomic mass is 32.1. The Labute approximate surface area is 230 Å². The number of nitrogens with zero attached hydrogens (tertiary/aromatic N) is 3. The minimum absolute atomic E-state index is 0.0602. The number of hydrogen-bond acceptors (Lipinski definition) is 5. The molecule has 10 heteroatoms. The van der Waals surface area contributed by atoms with Crippen molar-refractivity contribution in [3.8, 4) is 17.1 Å². The van der Waals surface area contributed by atoms with Crippen molar-refractivity contribution in [1.82, 2.24) is 9.55 Å². The molecule has 0 radical (unpaired) electrons. The van der Waals surface area contributed by atoms with Crippen LogP contribution < -0.4 is 9.64 Å². The van der Waals surface area contributed by atoms with Gasteiger partial charge in [0.1, 0.15) is 17.3 Å². The van der Waals surface area contributed by atoms with E-state index < -0.39 is 23.5 Å². The molecular formula is C29H27F2N3O4S. The molecule has 1 atom stereocenters. The van der Waals surface area contributed by atoms with Gasteiger partial charge < -0.3 is 14.7 Å². The number of anilines is 1. The summed E-state index contributed by atoms with van der Waals surface area (Å²) in [5.41, 5.74) is 1.73. The van der Waals surface area contributed by atoms with Gasteiger partial charge in [-0.05, 0) is 61.4 Å². The first-order valence-corrected chi connectivity index (χ1v) is 12.9. The number of carbonyl (C=O) groups excluding carboxylic acids is 1. The summed E-state index contributed by atoms with van der Waals surface area (Å²) in [5, 5.41) is 9.51. The predicted molar refractivity (Wildman–Crippen MR) is 148 cm³/mol. The standard InChI is InChI=1S/C29H27F2N3O4S/c1-3-38-29-32-15-26(27(35)34(18(2)17-39)22-12-10-21(30)11-13-22)33(29)16-20-9-8-19(14-25(20)31)23-6-4-5-7-24(23)28(36)37/h4-15,18,39H,3,16-17H2,1-2H3,(H,36,37). The highest BCUT2D eigenvalue weighted by Gasteiger charge is 2.28. The van der Waals surface area contributed by atoms with E-state index in [0.29, 0.717) is 22.6 Å². The highest BCUT2D eigenvalue weighted by molar-refractivity contribution is 7.80. The van der Waals surface area contributed by atoms with Crippen LogP contribution in [0.5, 0.6) is 6.01 Å². The van der Waals surface area contributed by atoms with E-state index in [1.165, 1.54) is 52.1 Å². The molecule has 0 aliphatic rings. The number of carboxylic acids is 1. The Bertz CT molecular complexity index is 1490. The van der Waals surface area contributed by atoms with Gasteiger partial charge in [0.25, 0.3) is 11.9 Å². The average molecular weight is 552 g/mol. The molecule has 0 aliphatic carbocycles. The summed E-state index contributed by atoms with van der Waals surface area (Å²) in [5.74, 6) is -2.23. The van der Waals surface area contributed by atoms with E-state index in [1.807, 2.05) is 6.92 Å². The van der Waals surface area contributed by atoms with Crippen molar-refractivity contribution in [3.05, 3.63) is 101 Å². The van der Waals surface area contributed by atoms with Crippen LogP contribution in [-0.4, -0.2) is 44.9 Å². The molecule has 0 spiro atoms. The first kappa shape index (κ1) is 27.8. The van der Waals surface area contributed by atoms with E-state index in [2.05, 4.69) is 17.6 Å². The van der Waals surface area contributed by atoms with Crippen molar-refractivity contribution in [2.24, 2.45) is 0 Å². The van der Waals surface area contributed by atoms with Crippen LogP contribution in [0.25, 0.3) is 11.1 Å². The number of carboxylic acid groups (broad SMARTS) is 1. The lowest BCUT2D eigenvalue weighted by molar-refractivity contribution is 0.0697. The number of imidazole rings is 1. The molecule has 1 aromatic heterocycles. The van der Waals surface area contributed by atoms with Gasteiger partial charge in [-0.15, -0.1) is 0 Å². The first-order chi connectivity index (χ1) is 18.7. The zero-order valence-corrected chi connectivity index (χ0v) is 22.2. The number of ether oxygens (including phenoxy) is 1. The van der Waals surface area contributed by atoms with Crippen molar-refractivity contribution >= 4 is 30.2 Å². The number of aromatic carboxylic acids is 1. The summed E-state index contributed by atoms with van der Waals surface area (Å²) in [4.78, 5) is 31.2. The van der Waals surface area contributed by atoms with Crippen LogP contribution in [-0.2, 0) is 6.54 Å². The van der Waals surface area contributed by atoms with E-state index >= 15 is 4.39 Å². The van der Waals surface area contributed by atoms with Crippen molar-refractivity contribution in [2.45, 2.75) is 26.4 Å². The smallest absolute Gasteiger partial charge is 0.336 e. The lowest BCUT2D eigenvalue weighted by Gasteiger charge is -2.28. The van der Waals surface area contributed by atoms with Crippen LogP contribution in [0.3, 0.4) is 0 Å². The van der Waals surface area contributed by atoms with Crippen molar-refractivity contribution in [1.29, 1.82) is 0 Å². The van der Waals surface area contributed by atoms with Gasteiger partial charge in [0.15, 0.2) is 0 Å². The van der Waals surface area contributed by atoms with Crippen molar-refractivity contribution < 1.29 is 28.2 Å². The Balaban J connectivity index is 1.73. The van der Waals surface area contributed by atoms with E-state index in [1.54, 1.807) is 37.3 Å². The molecule has 0 fully saturated rings. The van der Waals surface area contributed by atoms with Gasteiger partial charge in [-0.25, -0.2) is 18.6 Å². The number of rotatable bonds is 10. The third kappa shape index (κ3) is 5.96. The topological polar surface area (TPSA) is 84.7 Å². The number of benzene rings is 3. The van der Waals surface area contributed by atoms with Gasteiger partial charge in [0.2, 0.25) is 0 Å². The van der Waals surface area contributed by atoms with Crippen LogP contribution in [0.15, 0.2) is 72.9 Å². The van der Waals surface area contributed by atoms with Gasteiger partial charge in [-0.1, -0.05) is 30.3 Å². The molecule has 1 N–H and O–H groups in total. The van der Waals surface area contributed by atoms with Crippen molar-refractivity contribution in [3.63, 3.8) is 0 Å². The zero-order chi connectivity index (χ0) is 28.1. The Kier molecular flexibility index (Phi) is 8.65. The molecule has 3 aromatic carbocycles. The Morgan fingerprint density at radius 2 is 1.82 bits per heavy atom. The molecule has 4 rings (SSSR count). The fourth-order valence-electron chi connectivity index (χ4n) is 4.24. The number of hydrogen-bond donors (Lipinski definition) is 2. The lowest BCUT2D eigenvalue weighted by atomic mass is 9.98. The summed E-state index contributed by atoms with van der Waals surface area (Å²) in [6, 6.07) is 16.1. The summed E-state index contributed by atoms with van der Waals surface area (Å²) >= 11 is 4.35. The number of aromatic nitrogens is 2. The van der Waals surface area contributed by atoms with Gasteiger partial charge in [-0.2, -0.15) is 12.6 Å². The quantitative estimate of drug-likeness (QED) is 0.239. The second-order valence-corrected chi connectivity index (χ2v) is 9.15. The molecule has 1 amide bonds. The van der Waals surface area contributed by atoms with Crippen LogP contribution in [0, 0.1) is 11.6 Å². The summed E-state index contributed by atoms with van der Waals surface area (Å²) < 4.78 is 36.1. The number of carbonyl (C=O) groups is 2. The van der Waals surface area contributed by atoms with Crippen molar-refractivity contribution in [2.75, 3.05) is 17.3 Å². The third-order valence-electron chi connectivity index (χ3n) is 6.19. The SMILES string of the molecule is CCOc1ncc(C(=O)N(c2ccc(F)cc2)C(C)CS)n1Cc1ccc(-c2ccccc2C(=O)O)cc1F. The minimum atomic E-state index is -1.11. The van der Waals surface area contributed by atoms with Gasteiger partial charge in [-0.3, -0.25) is 9.36 Å². The normalized spacial score (nSPS) is 11.7. The molecule has 0 bridgehead atoms.